The number of anilines is 1. The molecule has 2 heterocycles. The molecule has 2 rings (SSSR count). The van der Waals surface area contributed by atoms with Gasteiger partial charge < -0.3 is 9.80 Å². The highest BCUT2D eigenvalue weighted by molar-refractivity contribution is 6.17. The summed E-state index contributed by atoms with van der Waals surface area (Å²) < 4.78 is 0. The second kappa shape index (κ2) is 5.69. The van der Waals surface area contributed by atoms with Crippen LogP contribution in [0.5, 0.6) is 0 Å². The van der Waals surface area contributed by atoms with E-state index in [1.165, 1.54) is 25.1 Å². The fourth-order valence-corrected chi connectivity index (χ4v) is 2.72. The highest BCUT2D eigenvalue weighted by atomic mass is 35.5. The number of halogens is 1. The summed E-state index contributed by atoms with van der Waals surface area (Å²) in [4.78, 5) is 8.89. The van der Waals surface area contributed by atoms with E-state index in [1.54, 1.807) is 0 Å². The van der Waals surface area contributed by atoms with E-state index in [1.807, 2.05) is 12.4 Å². The van der Waals surface area contributed by atoms with Gasteiger partial charge in [-0.3, -0.25) is 4.98 Å². The van der Waals surface area contributed by atoms with Gasteiger partial charge in [-0.2, -0.15) is 0 Å². The van der Waals surface area contributed by atoms with Crippen LogP contribution in [0.25, 0.3) is 0 Å². The Morgan fingerprint density at radius 3 is 3.12 bits per heavy atom. The van der Waals surface area contributed by atoms with E-state index >= 15 is 0 Å². The zero-order valence-electron chi connectivity index (χ0n) is 10.6. The lowest BCUT2D eigenvalue weighted by Gasteiger charge is -2.37. The number of alkyl halides is 1. The Morgan fingerprint density at radius 2 is 2.41 bits per heavy atom. The van der Waals surface area contributed by atoms with Gasteiger partial charge in [-0.25, -0.2) is 0 Å². The zero-order chi connectivity index (χ0) is 12.3. The maximum Gasteiger partial charge on any atom is 0.0509 e. The van der Waals surface area contributed by atoms with Crippen molar-refractivity contribution in [3.05, 3.63) is 24.0 Å². The Kier molecular flexibility index (Phi) is 4.24. The molecule has 0 bridgehead atoms. The number of pyridine rings is 1. The molecule has 1 atom stereocenters. The third-order valence-corrected chi connectivity index (χ3v) is 3.84. The third-order valence-electron chi connectivity index (χ3n) is 3.55. The average molecular weight is 254 g/mol. The maximum atomic E-state index is 5.97. The molecule has 0 aliphatic carbocycles. The molecule has 94 valence electrons. The van der Waals surface area contributed by atoms with Crippen molar-refractivity contribution in [2.24, 2.45) is 0 Å². The van der Waals surface area contributed by atoms with Gasteiger partial charge in [0.15, 0.2) is 0 Å². The van der Waals surface area contributed by atoms with Crippen LogP contribution < -0.4 is 4.90 Å². The fraction of sp³-hybridized carbons (Fsp3) is 0.615. The quantitative estimate of drug-likeness (QED) is 0.771. The molecular weight excluding hydrogens is 234 g/mol. The first-order valence-electron chi connectivity index (χ1n) is 6.12. The van der Waals surface area contributed by atoms with Gasteiger partial charge in [0.1, 0.15) is 0 Å². The summed E-state index contributed by atoms with van der Waals surface area (Å²) in [5.41, 5.74) is 2.33. The number of nitrogens with zero attached hydrogens (tertiary/aromatic N) is 3. The van der Waals surface area contributed by atoms with E-state index < -0.39 is 0 Å². The lowest BCUT2D eigenvalue weighted by atomic mass is 10.0. The summed E-state index contributed by atoms with van der Waals surface area (Å²) in [5.74, 6) is 0.524. The van der Waals surface area contributed by atoms with Crippen LogP contribution in [0.3, 0.4) is 0 Å². The zero-order valence-corrected chi connectivity index (χ0v) is 11.3. The van der Waals surface area contributed by atoms with Crippen molar-refractivity contribution in [3.8, 4) is 0 Å². The van der Waals surface area contributed by atoms with Crippen molar-refractivity contribution in [1.29, 1.82) is 0 Å². The summed E-state index contributed by atoms with van der Waals surface area (Å²) in [6.07, 6.45) is 6.23. The van der Waals surface area contributed by atoms with Crippen LogP contribution >= 0.6 is 11.6 Å². The van der Waals surface area contributed by atoms with Gasteiger partial charge in [0.2, 0.25) is 0 Å². The van der Waals surface area contributed by atoms with Crippen molar-refractivity contribution in [2.75, 3.05) is 32.1 Å². The molecule has 0 N–H and O–H groups in total. The third kappa shape index (κ3) is 2.90. The first-order valence-corrected chi connectivity index (χ1v) is 6.66. The number of piperidine rings is 1. The van der Waals surface area contributed by atoms with Gasteiger partial charge in [0, 0.05) is 43.3 Å². The Bertz CT molecular complexity index is 369. The van der Waals surface area contributed by atoms with E-state index in [0.29, 0.717) is 11.9 Å². The molecule has 3 nitrogen and oxygen atoms in total. The standard InChI is InChI=1S/C13H20ClN3/c1-16-7-3-4-12(10-16)17(2)13-5-6-15-9-11(13)8-14/h5-6,9,12H,3-4,7-8,10H2,1-2H3. The molecule has 1 aromatic rings. The van der Waals surface area contributed by atoms with E-state index in [0.717, 1.165) is 12.1 Å². The minimum Gasteiger partial charge on any atom is -0.370 e. The van der Waals surface area contributed by atoms with Crippen LogP contribution in [0, 0.1) is 0 Å². The predicted octanol–water partition coefficient (Wildman–Crippen LogP) is 2.35. The van der Waals surface area contributed by atoms with E-state index in [9.17, 15) is 0 Å². The van der Waals surface area contributed by atoms with Gasteiger partial charge in [-0.05, 0) is 32.5 Å². The summed E-state index contributed by atoms with van der Waals surface area (Å²) in [7, 11) is 4.35. The van der Waals surface area contributed by atoms with E-state index in [2.05, 4.69) is 34.9 Å². The van der Waals surface area contributed by atoms with Crippen LogP contribution in [0.4, 0.5) is 5.69 Å². The van der Waals surface area contributed by atoms with Crippen molar-refractivity contribution in [2.45, 2.75) is 24.8 Å². The molecule has 0 amide bonds. The van der Waals surface area contributed by atoms with Crippen LogP contribution in [0.2, 0.25) is 0 Å². The lowest BCUT2D eigenvalue weighted by molar-refractivity contribution is 0.248. The largest absolute Gasteiger partial charge is 0.370 e. The molecule has 0 spiro atoms. The van der Waals surface area contributed by atoms with Gasteiger partial charge in [-0.1, -0.05) is 0 Å². The first kappa shape index (κ1) is 12.7. The second-order valence-corrected chi connectivity index (χ2v) is 5.07. The monoisotopic (exact) mass is 253 g/mol. The van der Waals surface area contributed by atoms with Crippen molar-refractivity contribution in [3.63, 3.8) is 0 Å². The topological polar surface area (TPSA) is 19.4 Å². The van der Waals surface area contributed by atoms with Crippen LogP contribution in [0.15, 0.2) is 18.5 Å². The molecule has 1 unspecified atom stereocenters. The SMILES string of the molecule is CN1CCCC(N(C)c2ccncc2CCl)C1. The fourth-order valence-electron chi connectivity index (χ4n) is 2.52. The molecule has 1 fully saturated rings. The smallest absolute Gasteiger partial charge is 0.0509 e. The maximum absolute atomic E-state index is 5.97. The Balaban J connectivity index is 2.15. The molecule has 0 radical (unpaired) electrons. The summed E-state index contributed by atoms with van der Waals surface area (Å²) in [6, 6.07) is 2.64. The number of hydrogen-bond donors (Lipinski definition) is 0. The van der Waals surface area contributed by atoms with Gasteiger partial charge >= 0.3 is 0 Å². The van der Waals surface area contributed by atoms with Gasteiger partial charge in [0.25, 0.3) is 0 Å². The van der Waals surface area contributed by atoms with Crippen molar-refractivity contribution >= 4 is 17.3 Å². The number of rotatable bonds is 3. The molecular formula is C13H20ClN3. The molecule has 1 aliphatic heterocycles. The second-order valence-electron chi connectivity index (χ2n) is 4.81. The summed E-state index contributed by atoms with van der Waals surface area (Å²) >= 11 is 5.97. The number of hydrogen-bond acceptors (Lipinski definition) is 3. The van der Waals surface area contributed by atoms with Crippen molar-refractivity contribution < 1.29 is 0 Å². The first-order chi connectivity index (χ1) is 8.22. The minimum absolute atomic E-state index is 0.524. The Labute approximate surface area is 108 Å². The average Bonchev–Trinajstić information content (AvgIpc) is 2.38. The van der Waals surface area contributed by atoms with Crippen LogP contribution in [0.1, 0.15) is 18.4 Å². The highest BCUT2D eigenvalue weighted by Crippen LogP contribution is 2.25. The molecule has 1 aliphatic rings. The number of aromatic nitrogens is 1. The highest BCUT2D eigenvalue weighted by Gasteiger charge is 2.22. The van der Waals surface area contributed by atoms with Gasteiger partial charge in [0.05, 0.1) is 5.88 Å². The van der Waals surface area contributed by atoms with Gasteiger partial charge in [-0.15, -0.1) is 11.6 Å². The Hall–Kier alpha value is -0.800. The molecule has 1 aromatic heterocycles. The van der Waals surface area contributed by atoms with Crippen LogP contribution in [-0.2, 0) is 5.88 Å². The number of likely N-dealkylation sites (tertiary alicyclic amines) is 1. The molecule has 17 heavy (non-hydrogen) atoms. The molecule has 0 aromatic carbocycles. The van der Waals surface area contributed by atoms with E-state index in [4.69, 9.17) is 11.6 Å². The van der Waals surface area contributed by atoms with E-state index in [-0.39, 0.29) is 0 Å². The van der Waals surface area contributed by atoms with Crippen LogP contribution in [-0.4, -0.2) is 43.1 Å². The predicted molar refractivity (Wildman–Crippen MR) is 72.7 cm³/mol. The molecule has 1 saturated heterocycles. The minimum atomic E-state index is 0.524. The lowest BCUT2D eigenvalue weighted by Crippen LogP contribution is -2.45. The van der Waals surface area contributed by atoms with Crippen molar-refractivity contribution in [1.82, 2.24) is 9.88 Å². The summed E-state index contributed by atoms with van der Waals surface area (Å²) in [6.45, 7) is 2.34. The Morgan fingerprint density at radius 1 is 1.59 bits per heavy atom. The molecule has 4 heteroatoms. The molecule has 0 saturated carbocycles. The normalized spacial score (nSPS) is 21.5. The number of likely N-dealkylation sites (N-methyl/N-ethyl adjacent to an activating group) is 2. The summed E-state index contributed by atoms with van der Waals surface area (Å²) in [5, 5.41) is 0.